The molecule has 0 aliphatic heterocycles. The standard InChI is InChI=1S/C24H28N2O3S/c1-4-18(2)26(24(27)14-19-10-6-5-7-11-19)15-20-17-30-23(25-20)16-29-22-13-9-8-12-21(22)28-3/h5-13,17-18H,4,14-16H2,1-3H3. The summed E-state index contributed by atoms with van der Waals surface area (Å²) in [7, 11) is 1.62. The molecule has 0 radical (unpaired) electrons. The number of hydrogen-bond acceptors (Lipinski definition) is 5. The Labute approximate surface area is 182 Å². The number of hydrogen-bond donors (Lipinski definition) is 0. The molecule has 1 atom stereocenters. The monoisotopic (exact) mass is 424 g/mol. The van der Waals surface area contributed by atoms with Gasteiger partial charge in [-0.1, -0.05) is 49.4 Å². The second-order valence-corrected chi connectivity index (χ2v) is 8.06. The van der Waals surface area contributed by atoms with Gasteiger partial charge in [-0.3, -0.25) is 4.79 Å². The van der Waals surface area contributed by atoms with Crippen molar-refractivity contribution in [1.82, 2.24) is 9.88 Å². The van der Waals surface area contributed by atoms with Gasteiger partial charge in [0.15, 0.2) is 11.5 Å². The third-order valence-electron chi connectivity index (χ3n) is 4.99. The molecular weight excluding hydrogens is 396 g/mol. The SMILES string of the molecule is CCC(C)N(Cc1csc(COc2ccccc2OC)n1)C(=O)Cc1ccccc1. The van der Waals surface area contributed by atoms with E-state index in [1.54, 1.807) is 18.4 Å². The van der Waals surface area contributed by atoms with Gasteiger partial charge in [0, 0.05) is 11.4 Å². The van der Waals surface area contributed by atoms with E-state index in [0.717, 1.165) is 22.7 Å². The maximum atomic E-state index is 13.0. The molecule has 0 saturated carbocycles. The molecule has 0 aliphatic rings. The summed E-state index contributed by atoms with van der Waals surface area (Å²) >= 11 is 1.54. The summed E-state index contributed by atoms with van der Waals surface area (Å²) in [5, 5.41) is 2.88. The lowest BCUT2D eigenvalue weighted by Gasteiger charge is -2.28. The maximum Gasteiger partial charge on any atom is 0.227 e. The highest BCUT2D eigenvalue weighted by atomic mass is 32.1. The van der Waals surface area contributed by atoms with Crippen molar-refractivity contribution in [2.75, 3.05) is 7.11 Å². The van der Waals surface area contributed by atoms with Crippen molar-refractivity contribution in [3.8, 4) is 11.5 Å². The van der Waals surface area contributed by atoms with Gasteiger partial charge in [0.05, 0.1) is 25.8 Å². The second kappa shape index (κ2) is 10.8. The number of carbonyl (C=O) groups is 1. The Hall–Kier alpha value is -2.86. The number of thiazole rings is 1. The molecule has 5 nitrogen and oxygen atoms in total. The number of nitrogens with zero attached hydrogens (tertiary/aromatic N) is 2. The van der Waals surface area contributed by atoms with Crippen LogP contribution in [0.15, 0.2) is 60.0 Å². The number of benzene rings is 2. The molecular formula is C24H28N2O3S. The zero-order valence-corrected chi connectivity index (χ0v) is 18.5. The highest BCUT2D eigenvalue weighted by Crippen LogP contribution is 2.27. The van der Waals surface area contributed by atoms with Gasteiger partial charge >= 0.3 is 0 Å². The van der Waals surface area contributed by atoms with Crippen LogP contribution in [-0.4, -0.2) is 28.9 Å². The molecule has 0 N–H and O–H groups in total. The van der Waals surface area contributed by atoms with Gasteiger partial charge in [-0.05, 0) is 31.0 Å². The van der Waals surface area contributed by atoms with Crippen molar-refractivity contribution in [3.63, 3.8) is 0 Å². The van der Waals surface area contributed by atoms with Crippen LogP contribution in [0.2, 0.25) is 0 Å². The van der Waals surface area contributed by atoms with Crippen LogP contribution in [-0.2, 0) is 24.4 Å². The third kappa shape index (κ3) is 5.83. The smallest absolute Gasteiger partial charge is 0.227 e. The molecule has 0 fully saturated rings. The Bertz CT molecular complexity index is 942. The second-order valence-electron chi connectivity index (χ2n) is 7.11. The van der Waals surface area contributed by atoms with E-state index in [9.17, 15) is 4.79 Å². The molecule has 0 saturated heterocycles. The Balaban J connectivity index is 1.64. The summed E-state index contributed by atoms with van der Waals surface area (Å²) in [6, 6.07) is 17.6. The number of carbonyl (C=O) groups excluding carboxylic acids is 1. The Morgan fingerprint density at radius 3 is 2.50 bits per heavy atom. The van der Waals surface area contributed by atoms with Crippen LogP contribution in [0.25, 0.3) is 0 Å². The van der Waals surface area contributed by atoms with Crippen molar-refractivity contribution in [2.24, 2.45) is 0 Å². The summed E-state index contributed by atoms with van der Waals surface area (Å²) < 4.78 is 11.2. The number of ether oxygens (including phenoxy) is 2. The van der Waals surface area contributed by atoms with Gasteiger partial charge in [0.2, 0.25) is 5.91 Å². The van der Waals surface area contributed by atoms with E-state index in [1.165, 1.54) is 0 Å². The first-order valence-electron chi connectivity index (χ1n) is 10.1. The van der Waals surface area contributed by atoms with Crippen LogP contribution in [0.3, 0.4) is 0 Å². The minimum Gasteiger partial charge on any atom is -0.493 e. The summed E-state index contributed by atoms with van der Waals surface area (Å²) in [6.45, 7) is 5.06. The van der Waals surface area contributed by atoms with Crippen LogP contribution in [0.5, 0.6) is 11.5 Å². The molecule has 2 aromatic carbocycles. The van der Waals surface area contributed by atoms with E-state index in [-0.39, 0.29) is 11.9 Å². The molecule has 1 unspecified atom stereocenters. The average molecular weight is 425 g/mol. The molecule has 0 bridgehead atoms. The molecule has 3 rings (SSSR count). The number of aromatic nitrogens is 1. The first-order chi connectivity index (χ1) is 14.6. The fourth-order valence-electron chi connectivity index (χ4n) is 3.12. The zero-order chi connectivity index (χ0) is 21.3. The Morgan fingerprint density at radius 1 is 1.10 bits per heavy atom. The third-order valence-corrected chi connectivity index (χ3v) is 5.86. The number of amides is 1. The molecule has 30 heavy (non-hydrogen) atoms. The van der Waals surface area contributed by atoms with Crippen molar-refractivity contribution in [3.05, 3.63) is 76.2 Å². The first-order valence-corrected chi connectivity index (χ1v) is 11.0. The van der Waals surface area contributed by atoms with E-state index in [0.29, 0.717) is 31.1 Å². The molecule has 1 aromatic heterocycles. The van der Waals surface area contributed by atoms with Crippen molar-refractivity contribution in [1.29, 1.82) is 0 Å². The predicted octanol–water partition coefficient (Wildman–Crippen LogP) is 5.10. The average Bonchev–Trinajstić information content (AvgIpc) is 3.23. The van der Waals surface area contributed by atoms with Crippen LogP contribution in [0.4, 0.5) is 0 Å². The summed E-state index contributed by atoms with van der Waals surface area (Å²) in [5.74, 6) is 1.51. The Morgan fingerprint density at radius 2 is 1.80 bits per heavy atom. The lowest BCUT2D eigenvalue weighted by atomic mass is 10.1. The van der Waals surface area contributed by atoms with Crippen LogP contribution >= 0.6 is 11.3 Å². The molecule has 1 heterocycles. The highest BCUT2D eigenvalue weighted by Gasteiger charge is 2.21. The summed E-state index contributed by atoms with van der Waals surface area (Å²) in [6.07, 6.45) is 1.30. The van der Waals surface area contributed by atoms with E-state index >= 15 is 0 Å². The fraction of sp³-hybridized carbons (Fsp3) is 0.333. The maximum absolute atomic E-state index is 13.0. The molecule has 3 aromatic rings. The van der Waals surface area contributed by atoms with Gasteiger partial charge in [0.25, 0.3) is 0 Å². The van der Waals surface area contributed by atoms with Gasteiger partial charge in [-0.25, -0.2) is 4.98 Å². The van der Waals surface area contributed by atoms with Gasteiger partial charge < -0.3 is 14.4 Å². The van der Waals surface area contributed by atoms with E-state index in [4.69, 9.17) is 9.47 Å². The number of rotatable bonds is 10. The van der Waals surface area contributed by atoms with Crippen molar-refractivity contribution < 1.29 is 14.3 Å². The summed E-state index contributed by atoms with van der Waals surface area (Å²) in [5.41, 5.74) is 1.92. The largest absolute Gasteiger partial charge is 0.493 e. The van der Waals surface area contributed by atoms with E-state index in [1.807, 2.05) is 64.9 Å². The fourth-order valence-corrected chi connectivity index (χ4v) is 3.82. The lowest BCUT2D eigenvalue weighted by Crippen LogP contribution is -2.38. The molecule has 0 spiro atoms. The quantitative estimate of drug-likeness (QED) is 0.454. The number of para-hydroxylation sites is 2. The first kappa shape index (κ1) is 21.8. The zero-order valence-electron chi connectivity index (χ0n) is 17.7. The van der Waals surface area contributed by atoms with Crippen LogP contribution < -0.4 is 9.47 Å². The van der Waals surface area contributed by atoms with Gasteiger partial charge in [0.1, 0.15) is 11.6 Å². The Kier molecular flexibility index (Phi) is 7.85. The van der Waals surface area contributed by atoms with Crippen molar-refractivity contribution in [2.45, 2.75) is 45.9 Å². The highest BCUT2D eigenvalue weighted by molar-refractivity contribution is 7.09. The van der Waals surface area contributed by atoms with E-state index in [2.05, 4.69) is 18.8 Å². The van der Waals surface area contributed by atoms with Crippen LogP contribution in [0, 0.1) is 0 Å². The number of methoxy groups -OCH3 is 1. The lowest BCUT2D eigenvalue weighted by molar-refractivity contribution is -0.133. The van der Waals surface area contributed by atoms with Crippen LogP contribution in [0.1, 0.15) is 36.5 Å². The molecule has 0 aliphatic carbocycles. The minimum absolute atomic E-state index is 0.121. The topological polar surface area (TPSA) is 51.7 Å². The van der Waals surface area contributed by atoms with E-state index < -0.39 is 0 Å². The normalized spacial score (nSPS) is 11.7. The molecule has 6 heteroatoms. The van der Waals surface area contributed by atoms with Gasteiger partial charge in [-0.2, -0.15) is 0 Å². The van der Waals surface area contributed by atoms with Crippen molar-refractivity contribution >= 4 is 17.2 Å². The van der Waals surface area contributed by atoms with Gasteiger partial charge in [-0.15, -0.1) is 11.3 Å². The summed E-state index contributed by atoms with van der Waals surface area (Å²) in [4.78, 5) is 19.6. The predicted molar refractivity (Wildman–Crippen MR) is 120 cm³/mol. The molecule has 1 amide bonds. The minimum atomic E-state index is 0.121. The molecule has 158 valence electrons.